The molecule has 4 nitrogen and oxygen atoms in total. The third-order valence-corrected chi connectivity index (χ3v) is 3.68. The summed E-state index contributed by atoms with van der Waals surface area (Å²) >= 11 is 0. The second-order valence-electron chi connectivity index (χ2n) is 5.38. The van der Waals surface area contributed by atoms with Gasteiger partial charge in [0.2, 0.25) is 0 Å². The van der Waals surface area contributed by atoms with Gasteiger partial charge in [-0.2, -0.15) is 0 Å². The Morgan fingerprint density at radius 2 is 1.75 bits per heavy atom. The fourth-order valence-corrected chi connectivity index (χ4v) is 2.43. The smallest absolute Gasteiger partial charge is 0.161 e. The predicted octanol–water partition coefficient (Wildman–Crippen LogP) is 3.56. The zero-order valence-corrected chi connectivity index (χ0v) is 13.2. The maximum atomic E-state index is 13.5. The average molecular weight is 329 g/mol. The first-order valence-electron chi connectivity index (χ1n) is 7.57. The maximum Gasteiger partial charge on any atom is 0.161 e. The molecular formula is C18H17F2N3O. The zero-order valence-electron chi connectivity index (χ0n) is 13.2. The fourth-order valence-electron chi connectivity index (χ4n) is 2.43. The van der Waals surface area contributed by atoms with Crippen LogP contribution in [0.1, 0.15) is 5.56 Å². The molecular weight excluding hydrogens is 312 g/mol. The molecule has 0 aliphatic rings. The van der Waals surface area contributed by atoms with Crippen LogP contribution in [0.4, 0.5) is 14.6 Å². The van der Waals surface area contributed by atoms with Crippen LogP contribution in [0.15, 0.2) is 48.7 Å². The van der Waals surface area contributed by atoms with Crippen molar-refractivity contribution in [2.45, 2.75) is 6.54 Å². The van der Waals surface area contributed by atoms with Gasteiger partial charge in [0, 0.05) is 32.3 Å². The van der Waals surface area contributed by atoms with Crippen molar-refractivity contribution < 1.29 is 13.5 Å². The number of rotatable bonds is 6. The van der Waals surface area contributed by atoms with Crippen LogP contribution in [0.5, 0.6) is 0 Å². The molecule has 0 amide bonds. The van der Waals surface area contributed by atoms with E-state index in [0.717, 1.165) is 17.7 Å². The lowest BCUT2D eigenvalue weighted by Gasteiger charge is -2.23. The number of halogens is 2. The molecule has 0 spiro atoms. The van der Waals surface area contributed by atoms with E-state index >= 15 is 0 Å². The number of nitrogens with zero attached hydrogens (tertiary/aromatic N) is 3. The van der Waals surface area contributed by atoms with Gasteiger partial charge < -0.3 is 9.64 Å². The highest BCUT2D eigenvalue weighted by molar-refractivity contribution is 5.75. The van der Waals surface area contributed by atoms with Crippen LogP contribution in [0.2, 0.25) is 0 Å². The van der Waals surface area contributed by atoms with E-state index < -0.39 is 11.6 Å². The molecule has 0 saturated carbocycles. The Labute approximate surface area is 138 Å². The van der Waals surface area contributed by atoms with Gasteiger partial charge in [-0.15, -0.1) is 0 Å². The molecule has 0 unspecified atom stereocenters. The first-order chi connectivity index (χ1) is 11.7. The lowest BCUT2D eigenvalue weighted by Crippen LogP contribution is -2.27. The summed E-state index contributed by atoms with van der Waals surface area (Å²) in [5, 5.41) is 0. The standard InChI is InChI=1S/C18H17F2N3O/c1-24-8-7-23(12-13-5-3-2-4-6-13)18-11-21-16-9-14(19)15(20)10-17(16)22-18/h2-6,9-11H,7-8,12H2,1H3. The highest BCUT2D eigenvalue weighted by Gasteiger charge is 2.12. The van der Waals surface area contributed by atoms with Crippen molar-refractivity contribution in [1.29, 1.82) is 0 Å². The topological polar surface area (TPSA) is 38.2 Å². The van der Waals surface area contributed by atoms with Gasteiger partial charge in [0.25, 0.3) is 0 Å². The quantitative estimate of drug-likeness (QED) is 0.693. The van der Waals surface area contributed by atoms with E-state index in [1.165, 1.54) is 0 Å². The molecule has 0 aliphatic heterocycles. The Bertz CT molecular complexity index is 827. The molecule has 1 heterocycles. The van der Waals surface area contributed by atoms with Crippen LogP contribution in [0, 0.1) is 11.6 Å². The Morgan fingerprint density at radius 1 is 1.04 bits per heavy atom. The van der Waals surface area contributed by atoms with Gasteiger partial charge in [0.05, 0.1) is 23.8 Å². The van der Waals surface area contributed by atoms with Crippen molar-refractivity contribution in [3.05, 3.63) is 65.9 Å². The normalized spacial score (nSPS) is 11.0. The summed E-state index contributed by atoms with van der Waals surface area (Å²) in [6.45, 7) is 1.74. The molecule has 3 rings (SSSR count). The van der Waals surface area contributed by atoms with Crippen molar-refractivity contribution in [3.63, 3.8) is 0 Å². The molecule has 0 aliphatic carbocycles. The second kappa shape index (κ2) is 7.31. The van der Waals surface area contributed by atoms with Gasteiger partial charge in [-0.05, 0) is 5.56 Å². The van der Waals surface area contributed by atoms with E-state index in [-0.39, 0.29) is 0 Å². The molecule has 0 bridgehead atoms. The van der Waals surface area contributed by atoms with E-state index in [9.17, 15) is 8.78 Å². The van der Waals surface area contributed by atoms with Crippen LogP contribution in [0.3, 0.4) is 0 Å². The number of hydrogen-bond acceptors (Lipinski definition) is 4. The van der Waals surface area contributed by atoms with Crippen molar-refractivity contribution in [2.24, 2.45) is 0 Å². The Morgan fingerprint density at radius 3 is 2.46 bits per heavy atom. The van der Waals surface area contributed by atoms with Gasteiger partial charge >= 0.3 is 0 Å². The molecule has 0 saturated heterocycles. The summed E-state index contributed by atoms with van der Waals surface area (Å²) in [6.07, 6.45) is 1.57. The maximum absolute atomic E-state index is 13.5. The largest absolute Gasteiger partial charge is 0.383 e. The number of fused-ring (bicyclic) bond motifs is 1. The molecule has 24 heavy (non-hydrogen) atoms. The minimum absolute atomic E-state index is 0.321. The van der Waals surface area contributed by atoms with Gasteiger partial charge in [0.15, 0.2) is 11.6 Å². The van der Waals surface area contributed by atoms with Crippen LogP contribution in [-0.2, 0) is 11.3 Å². The van der Waals surface area contributed by atoms with E-state index in [2.05, 4.69) is 9.97 Å². The number of methoxy groups -OCH3 is 1. The first-order valence-corrected chi connectivity index (χ1v) is 7.57. The molecule has 6 heteroatoms. The molecule has 124 valence electrons. The first kappa shape index (κ1) is 16.3. The number of ether oxygens (including phenoxy) is 1. The van der Waals surface area contributed by atoms with Crippen LogP contribution >= 0.6 is 0 Å². The third-order valence-electron chi connectivity index (χ3n) is 3.68. The summed E-state index contributed by atoms with van der Waals surface area (Å²) < 4.78 is 31.9. The number of aromatic nitrogens is 2. The lowest BCUT2D eigenvalue weighted by molar-refractivity contribution is 0.205. The monoisotopic (exact) mass is 329 g/mol. The van der Waals surface area contributed by atoms with E-state index in [1.807, 2.05) is 35.2 Å². The molecule has 0 N–H and O–H groups in total. The lowest BCUT2D eigenvalue weighted by atomic mass is 10.2. The van der Waals surface area contributed by atoms with Crippen LogP contribution in [0.25, 0.3) is 11.0 Å². The third kappa shape index (κ3) is 3.65. The average Bonchev–Trinajstić information content (AvgIpc) is 2.60. The van der Waals surface area contributed by atoms with Crippen molar-refractivity contribution in [3.8, 4) is 0 Å². The van der Waals surface area contributed by atoms with Gasteiger partial charge in [-0.1, -0.05) is 30.3 Å². The SMILES string of the molecule is COCCN(Cc1ccccc1)c1cnc2cc(F)c(F)cc2n1. The number of anilines is 1. The molecule has 2 aromatic carbocycles. The molecule has 0 fully saturated rings. The molecule has 0 atom stereocenters. The second-order valence-corrected chi connectivity index (χ2v) is 5.38. The van der Waals surface area contributed by atoms with E-state index in [0.29, 0.717) is 36.5 Å². The Balaban J connectivity index is 1.94. The van der Waals surface area contributed by atoms with E-state index in [1.54, 1.807) is 13.3 Å². The van der Waals surface area contributed by atoms with Crippen molar-refractivity contribution in [1.82, 2.24) is 9.97 Å². The Hall–Kier alpha value is -2.60. The van der Waals surface area contributed by atoms with Crippen LogP contribution in [-0.4, -0.2) is 30.2 Å². The van der Waals surface area contributed by atoms with Gasteiger partial charge in [-0.25, -0.2) is 13.8 Å². The molecule has 3 aromatic rings. The minimum Gasteiger partial charge on any atom is -0.383 e. The summed E-state index contributed by atoms with van der Waals surface area (Å²) in [5.74, 6) is -1.26. The summed E-state index contributed by atoms with van der Waals surface area (Å²) in [6, 6.07) is 12.0. The van der Waals surface area contributed by atoms with E-state index in [4.69, 9.17) is 4.74 Å². The predicted molar refractivity (Wildman–Crippen MR) is 88.8 cm³/mol. The number of benzene rings is 2. The summed E-state index contributed by atoms with van der Waals surface area (Å²) in [4.78, 5) is 10.6. The highest BCUT2D eigenvalue weighted by Crippen LogP contribution is 2.20. The van der Waals surface area contributed by atoms with Gasteiger partial charge in [-0.3, -0.25) is 4.98 Å². The van der Waals surface area contributed by atoms with Crippen LogP contribution < -0.4 is 4.90 Å². The molecule has 1 aromatic heterocycles. The molecule has 0 radical (unpaired) electrons. The summed E-state index contributed by atoms with van der Waals surface area (Å²) in [7, 11) is 1.63. The zero-order chi connectivity index (χ0) is 16.9. The van der Waals surface area contributed by atoms with Gasteiger partial charge in [0.1, 0.15) is 5.82 Å². The summed E-state index contributed by atoms with van der Waals surface area (Å²) in [5.41, 5.74) is 1.76. The van der Waals surface area contributed by atoms with Crippen molar-refractivity contribution in [2.75, 3.05) is 25.2 Å². The minimum atomic E-state index is -0.930. The highest BCUT2D eigenvalue weighted by atomic mass is 19.2. The number of hydrogen-bond donors (Lipinski definition) is 0. The van der Waals surface area contributed by atoms with Crippen molar-refractivity contribution >= 4 is 16.9 Å². The fraction of sp³-hybridized carbons (Fsp3) is 0.222. The Kier molecular flexibility index (Phi) is 4.96.